The summed E-state index contributed by atoms with van der Waals surface area (Å²) in [4.78, 5) is 1.87. The molecule has 2 nitrogen and oxygen atoms in total. The van der Waals surface area contributed by atoms with Crippen LogP contribution in [-0.2, 0) is 0 Å². The normalized spacial score (nSPS) is 10.1. The number of aliphatic hydroxyl groups excluding tert-OH is 1. The molecule has 0 rings (SSSR count). The van der Waals surface area contributed by atoms with E-state index in [1.807, 2.05) is 19.0 Å². The van der Waals surface area contributed by atoms with Gasteiger partial charge in [-0.3, -0.25) is 0 Å². The number of hydrogen-bond donors (Lipinski definition) is 1. The van der Waals surface area contributed by atoms with Crippen molar-refractivity contribution in [1.82, 2.24) is 4.90 Å². The van der Waals surface area contributed by atoms with Crippen molar-refractivity contribution in [3.05, 3.63) is 12.3 Å². The summed E-state index contributed by atoms with van der Waals surface area (Å²) in [6.45, 7) is 0.123. The van der Waals surface area contributed by atoms with Gasteiger partial charge in [-0.15, -0.1) is 0 Å². The van der Waals surface area contributed by atoms with Crippen molar-refractivity contribution in [2.45, 2.75) is 0 Å². The van der Waals surface area contributed by atoms with Gasteiger partial charge in [-0.2, -0.15) is 0 Å². The van der Waals surface area contributed by atoms with Crippen molar-refractivity contribution in [1.29, 1.82) is 0 Å². The van der Waals surface area contributed by atoms with Gasteiger partial charge in [-0.25, -0.2) is 0 Å². The van der Waals surface area contributed by atoms with E-state index >= 15 is 0 Å². The molecule has 0 saturated carbocycles. The average Bonchev–Trinajstić information content (AvgIpc) is 1.61. The second-order valence-corrected chi connectivity index (χ2v) is 1.53. The van der Waals surface area contributed by atoms with E-state index in [1.165, 1.54) is 0 Å². The van der Waals surface area contributed by atoms with Gasteiger partial charge in [0.2, 0.25) is 0 Å². The van der Waals surface area contributed by atoms with Crippen LogP contribution in [0.4, 0.5) is 0 Å². The summed E-state index contributed by atoms with van der Waals surface area (Å²) in [6.07, 6.45) is 3.49. The van der Waals surface area contributed by atoms with E-state index in [-0.39, 0.29) is 6.61 Å². The molecule has 0 aliphatic heterocycles. The van der Waals surface area contributed by atoms with Gasteiger partial charge in [0.05, 0.1) is 6.61 Å². The Morgan fingerprint density at radius 3 is 2.29 bits per heavy atom. The van der Waals surface area contributed by atoms with Gasteiger partial charge in [-0.05, 0) is 12.3 Å². The minimum Gasteiger partial charge on any atom is -0.392 e. The van der Waals surface area contributed by atoms with Gasteiger partial charge in [0, 0.05) is 14.1 Å². The van der Waals surface area contributed by atoms with E-state index in [2.05, 4.69) is 0 Å². The van der Waals surface area contributed by atoms with Crippen LogP contribution in [0.15, 0.2) is 12.3 Å². The number of hydrogen-bond acceptors (Lipinski definition) is 2. The second kappa shape index (κ2) is 3.68. The van der Waals surface area contributed by atoms with Crippen molar-refractivity contribution in [2.24, 2.45) is 0 Å². The largest absolute Gasteiger partial charge is 0.392 e. The molecule has 0 aliphatic rings. The highest BCUT2D eigenvalue weighted by Crippen LogP contribution is 1.73. The maximum atomic E-state index is 8.20. The van der Waals surface area contributed by atoms with Crippen LogP contribution in [0.1, 0.15) is 0 Å². The van der Waals surface area contributed by atoms with E-state index in [0.717, 1.165) is 0 Å². The van der Waals surface area contributed by atoms with Crippen molar-refractivity contribution < 1.29 is 5.11 Å². The lowest BCUT2D eigenvalue weighted by Gasteiger charge is -2.00. The minimum absolute atomic E-state index is 0.123. The van der Waals surface area contributed by atoms with Crippen molar-refractivity contribution >= 4 is 0 Å². The van der Waals surface area contributed by atoms with Crippen LogP contribution in [0.3, 0.4) is 0 Å². The van der Waals surface area contributed by atoms with Crippen LogP contribution in [0.2, 0.25) is 0 Å². The van der Waals surface area contributed by atoms with Crippen LogP contribution in [-0.4, -0.2) is 30.7 Å². The highest BCUT2D eigenvalue weighted by atomic mass is 16.2. The summed E-state index contributed by atoms with van der Waals surface area (Å²) in [6, 6.07) is 0. The molecule has 0 aromatic rings. The molecule has 42 valence electrons. The third kappa shape index (κ3) is 5.50. The van der Waals surface area contributed by atoms with Crippen LogP contribution < -0.4 is 0 Å². The molecule has 0 spiro atoms. The zero-order valence-electron chi connectivity index (χ0n) is 4.76. The van der Waals surface area contributed by atoms with Gasteiger partial charge in [0.25, 0.3) is 0 Å². The molecule has 0 aromatic heterocycles. The smallest absolute Gasteiger partial charge is 0.0629 e. The quantitative estimate of drug-likeness (QED) is 0.531. The van der Waals surface area contributed by atoms with E-state index in [9.17, 15) is 0 Å². The summed E-state index contributed by atoms with van der Waals surface area (Å²) in [7, 11) is 3.82. The topological polar surface area (TPSA) is 23.5 Å². The Morgan fingerprint density at radius 2 is 2.14 bits per heavy atom. The third-order valence-electron chi connectivity index (χ3n) is 0.509. The van der Waals surface area contributed by atoms with Crippen LogP contribution >= 0.6 is 0 Å². The van der Waals surface area contributed by atoms with Gasteiger partial charge >= 0.3 is 0 Å². The fourth-order valence-corrected chi connectivity index (χ4v) is 0.258. The van der Waals surface area contributed by atoms with Crippen molar-refractivity contribution in [2.75, 3.05) is 20.7 Å². The molecule has 1 N–H and O–H groups in total. The summed E-state index contributed by atoms with van der Waals surface area (Å²) < 4.78 is 0. The molecule has 0 heterocycles. The highest BCUT2D eigenvalue weighted by Gasteiger charge is 1.70. The molecule has 7 heavy (non-hydrogen) atoms. The summed E-state index contributed by atoms with van der Waals surface area (Å²) in [5, 5.41) is 8.20. The molecule has 0 bridgehead atoms. The monoisotopic (exact) mass is 101 g/mol. The first-order chi connectivity index (χ1) is 3.27. The standard InChI is InChI=1S/C5H11NO/c1-6(2)4-3-5-7/h3-4,7H,5H2,1-2H3. The molecule has 0 unspecified atom stereocenters. The average molecular weight is 101 g/mol. The minimum atomic E-state index is 0.123. The van der Waals surface area contributed by atoms with E-state index < -0.39 is 0 Å². The third-order valence-corrected chi connectivity index (χ3v) is 0.509. The van der Waals surface area contributed by atoms with Crippen LogP contribution in [0.5, 0.6) is 0 Å². The molecule has 0 aromatic carbocycles. The highest BCUT2D eigenvalue weighted by molar-refractivity contribution is 4.77. The maximum Gasteiger partial charge on any atom is 0.0629 e. The lowest BCUT2D eigenvalue weighted by molar-refractivity contribution is 0.340. The van der Waals surface area contributed by atoms with Crippen molar-refractivity contribution in [3.8, 4) is 0 Å². The Morgan fingerprint density at radius 1 is 1.57 bits per heavy atom. The molecule has 0 radical (unpaired) electrons. The first kappa shape index (κ1) is 6.50. The lowest BCUT2D eigenvalue weighted by atomic mass is 10.6. The molecule has 0 atom stereocenters. The van der Waals surface area contributed by atoms with Gasteiger partial charge in [-0.1, -0.05) is 0 Å². The van der Waals surface area contributed by atoms with Crippen LogP contribution in [0.25, 0.3) is 0 Å². The zero-order valence-corrected chi connectivity index (χ0v) is 4.76. The fraction of sp³-hybridized carbons (Fsp3) is 0.600. The number of rotatable bonds is 2. The van der Waals surface area contributed by atoms with E-state index in [0.29, 0.717) is 0 Å². The second-order valence-electron chi connectivity index (χ2n) is 1.53. The Kier molecular flexibility index (Phi) is 3.42. The van der Waals surface area contributed by atoms with Gasteiger partial charge < -0.3 is 10.0 Å². The number of nitrogens with zero attached hydrogens (tertiary/aromatic N) is 1. The SMILES string of the molecule is CN(C)C=CCO. The Bertz CT molecular complexity index is 59.1. The van der Waals surface area contributed by atoms with Gasteiger partial charge in [0.1, 0.15) is 0 Å². The van der Waals surface area contributed by atoms with E-state index in [4.69, 9.17) is 5.11 Å². The summed E-state index contributed by atoms with van der Waals surface area (Å²) in [5.41, 5.74) is 0. The first-order valence-electron chi connectivity index (χ1n) is 2.21. The maximum absolute atomic E-state index is 8.20. The summed E-state index contributed by atoms with van der Waals surface area (Å²) in [5.74, 6) is 0. The molecular formula is C5H11NO. The van der Waals surface area contributed by atoms with E-state index in [1.54, 1.807) is 12.3 Å². The molecule has 0 saturated heterocycles. The van der Waals surface area contributed by atoms with Crippen molar-refractivity contribution in [3.63, 3.8) is 0 Å². The molecule has 2 heteroatoms. The van der Waals surface area contributed by atoms with Crippen LogP contribution in [0, 0.1) is 0 Å². The lowest BCUT2D eigenvalue weighted by Crippen LogP contribution is -2.00. The predicted molar refractivity (Wildman–Crippen MR) is 29.9 cm³/mol. The molecule has 0 fully saturated rings. The fourth-order valence-electron chi connectivity index (χ4n) is 0.258. The number of aliphatic hydroxyl groups is 1. The molecular weight excluding hydrogens is 90.1 g/mol. The predicted octanol–water partition coefficient (Wildman–Crippen LogP) is 0.0540. The Balaban J connectivity index is 3.08. The summed E-state index contributed by atoms with van der Waals surface area (Å²) >= 11 is 0. The first-order valence-corrected chi connectivity index (χ1v) is 2.21. The Labute approximate surface area is 44.1 Å². The molecule has 0 amide bonds. The molecule has 0 aliphatic carbocycles. The zero-order chi connectivity index (χ0) is 5.70. The van der Waals surface area contributed by atoms with Gasteiger partial charge in [0.15, 0.2) is 0 Å². The Hall–Kier alpha value is -0.500.